The Labute approximate surface area is 115 Å². The largest absolute Gasteiger partial charge is 0.355 e. The van der Waals surface area contributed by atoms with Gasteiger partial charge in [0.15, 0.2) is 15.8 Å². The van der Waals surface area contributed by atoms with Gasteiger partial charge < -0.3 is 10.6 Å². The highest BCUT2D eigenvalue weighted by Crippen LogP contribution is 1.96. The van der Waals surface area contributed by atoms with E-state index in [-0.39, 0.29) is 11.5 Å². The number of benzene rings is 1. The first-order chi connectivity index (χ1) is 9.07. The topological polar surface area (TPSA) is 70.6 Å². The molecule has 0 fully saturated rings. The van der Waals surface area contributed by atoms with Gasteiger partial charge in [-0.05, 0) is 5.56 Å². The van der Waals surface area contributed by atoms with Crippen LogP contribution in [0.5, 0.6) is 0 Å². The minimum absolute atomic E-state index is 0.121. The molecule has 0 aliphatic heterocycles. The Kier molecular flexibility index (Phi) is 6.35. The number of nitrogens with zero attached hydrogens (tertiary/aromatic N) is 1. The Morgan fingerprint density at radius 3 is 2.47 bits per heavy atom. The Balaban J connectivity index is 2.35. The molecule has 0 spiro atoms. The second-order valence-electron chi connectivity index (χ2n) is 4.07. The van der Waals surface area contributed by atoms with Crippen molar-refractivity contribution in [2.75, 3.05) is 25.1 Å². The van der Waals surface area contributed by atoms with E-state index in [1.165, 1.54) is 0 Å². The lowest BCUT2D eigenvalue weighted by Gasteiger charge is -2.11. The number of rotatable bonds is 6. The van der Waals surface area contributed by atoms with Crippen molar-refractivity contribution in [1.29, 1.82) is 0 Å². The molecule has 0 aliphatic carbocycles. The smallest absolute Gasteiger partial charge is 0.191 e. The van der Waals surface area contributed by atoms with Crippen LogP contribution in [0.25, 0.3) is 0 Å². The third-order valence-corrected chi connectivity index (χ3v) is 4.38. The van der Waals surface area contributed by atoms with Gasteiger partial charge in [-0.3, -0.25) is 4.99 Å². The molecule has 0 aliphatic rings. The van der Waals surface area contributed by atoms with Gasteiger partial charge in [-0.25, -0.2) is 8.42 Å². The minimum atomic E-state index is -2.94. The maximum Gasteiger partial charge on any atom is 0.191 e. The summed E-state index contributed by atoms with van der Waals surface area (Å²) in [4.78, 5) is 4.05. The Hall–Kier alpha value is -1.56. The molecule has 0 atom stereocenters. The Morgan fingerprint density at radius 1 is 1.21 bits per heavy atom. The summed E-state index contributed by atoms with van der Waals surface area (Å²) < 4.78 is 22.7. The Morgan fingerprint density at radius 2 is 1.89 bits per heavy atom. The van der Waals surface area contributed by atoms with Crippen LogP contribution in [0, 0.1) is 0 Å². The predicted molar refractivity (Wildman–Crippen MR) is 79.0 cm³/mol. The standard InChI is InChI=1S/C13H21N3O2S/c1-3-19(17,18)10-9-15-13(14-2)16-11-12-7-5-4-6-8-12/h4-8H,3,9-11H2,1-2H3,(H2,14,15,16). The van der Waals surface area contributed by atoms with Crippen LogP contribution >= 0.6 is 0 Å². The predicted octanol–water partition coefficient (Wildman–Crippen LogP) is 0.786. The van der Waals surface area contributed by atoms with Crippen LogP contribution in [0.4, 0.5) is 0 Å². The van der Waals surface area contributed by atoms with Crippen molar-refractivity contribution in [2.24, 2.45) is 4.99 Å². The van der Waals surface area contributed by atoms with E-state index in [2.05, 4.69) is 15.6 Å². The Bertz CT molecular complexity index is 498. The quantitative estimate of drug-likeness (QED) is 0.598. The first kappa shape index (κ1) is 15.5. The van der Waals surface area contributed by atoms with Gasteiger partial charge in [0.1, 0.15) is 0 Å². The van der Waals surface area contributed by atoms with Gasteiger partial charge in [0.05, 0.1) is 5.75 Å². The molecule has 1 aromatic rings. The zero-order valence-electron chi connectivity index (χ0n) is 11.4. The van der Waals surface area contributed by atoms with Gasteiger partial charge in [0, 0.05) is 25.9 Å². The molecule has 0 amide bonds. The lowest BCUT2D eigenvalue weighted by Crippen LogP contribution is -2.39. The van der Waals surface area contributed by atoms with E-state index in [0.717, 1.165) is 5.56 Å². The molecule has 0 radical (unpaired) electrons. The maximum atomic E-state index is 11.3. The van der Waals surface area contributed by atoms with E-state index in [1.807, 2.05) is 30.3 Å². The average molecular weight is 283 g/mol. The molecule has 0 aromatic heterocycles. The zero-order chi connectivity index (χ0) is 14.1. The summed E-state index contributed by atoms with van der Waals surface area (Å²) in [5.41, 5.74) is 1.15. The summed E-state index contributed by atoms with van der Waals surface area (Å²) in [6.45, 7) is 2.67. The van der Waals surface area contributed by atoms with E-state index in [9.17, 15) is 8.42 Å². The van der Waals surface area contributed by atoms with Gasteiger partial charge in [0.2, 0.25) is 0 Å². The summed E-state index contributed by atoms with van der Waals surface area (Å²) in [6.07, 6.45) is 0. The molecule has 2 N–H and O–H groups in total. The number of hydrogen-bond donors (Lipinski definition) is 2. The van der Waals surface area contributed by atoms with Crippen molar-refractivity contribution in [3.8, 4) is 0 Å². The van der Waals surface area contributed by atoms with E-state index < -0.39 is 9.84 Å². The van der Waals surface area contributed by atoms with E-state index in [0.29, 0.717) is 19.0 Å². The molecule has 0 saturated carbocycles. The fourth-order valence-corrected chi connectivity index (χ4v) is 2.17. The van der Waals surface area contributed by atoms with Crippen LogP contribution in [-0.2, 0) is 16.4 Å². The first-order valence-corrected chi connectivity index (χ1v) is 8.08. The highest BCUT2D eigenvalue weighted by Gasteiger charge is 2.07. The fraction of sp³-hybridized carbons (Fsp3) is 0.462. The molecular formula is C13H21N3O2S. The van der Waals surface area contributed by atoms with Crippen molar-refractivity contribution < 1.29 is 8.42 Å². The average Bonchev–Trinajstić information content (AvgIpc) is 2.43. The molecule has 6 heteroatoms. The highest BCUT2D eigenvalue weighted by atomic mass is 32.2. The highest BCUT2D eigenvalue weighted by molar-refractivity contribution is 7.91. The normalized spacial score (nSPS) is 12.2. The van der Waals surface area contributed by atoms with E-state index in [4.69, 9.17) is 0 Å². The summed E-state index contributed by atoms with van der Waals surface area (Å²) in [5.74, 6) is 0.899. The number of guanidine groups is 1. The molecule has 5 nitrogen and oxygen atoms in total. The van der Waals surface area contributed by atoms with Crippen molar-refractivity contribution in [2.45, 2.75) is 13.5 Å². The van der Waals surface area contributed by atoms with Crippen LogP contribution in [0.1, 0.15) is 12.5 Å². The fourth-order valence-electron chi connectivity index (χ4n) is 1.47. The van der Waals surface area contributed by atoms with Crippen molar-refractivity contribution >= 4 is 15.8 Å². The summed E-state index contributed by atoms with van der Waals surface area (Å²) in [5, 5.41) is 6.12. The second kappa shape index (κ2) is 7.78. The molecule has 0 saturated heterocycles. The number of sulfone groups is 1. The van der Waals surface area contributed by atoms with Crippen molar-refractivity contribution in [3.05, 3.63) is 35.9 Å². The molecular weight excluding hydrogens is 262 g/mol. The number of aliphatic imine (C=N–C) groups is 1. The third-order valence-electron chi connectivity index (χ3n) is 2.67. The van der Waals surface area contributed by atoms with E-state index in [1.54, 1.807) is 14.0 Å². The maximum absolute atomic E-state index is 11.3. The lowest BCUT2D eigenvalue weighted by molar-refractivity contribution is 0.595. The number of hydrogen-bond acceptors (Lipinski definition) is 3. The van der Waals surface area contributed by atoms with Crippen LogP contribution in [0.15, 0.2) is 35.3 Å². The van der Waals surface area contributed by atoms with Gasteiger partial charge in [0.25, 0.3) is 0 Å². The minimum Gasteiger partial charge on any atom is -0.355 e. The second-order valence-corrected chi connectivity index (χ2v) is 6.55. The van der Waals surface area contributed by atoms with Crippen molar-refractivity contribution in [1.82, 2.24) is 10.6 Å². The van der Waals surface area contributed by atoms with Crippen LogP contribution in [0.2, 0.25) is 0 Å². The first-order valence-electron chi connectivity index (χ1n) is 6.26. The number of nitrogens with one attached hydrogen (secondary N) is 2. The molecule has 19 heavy (non-hydrogen) atoms. The lowest BCUT2D eigenvalue weighted by atomic mass is 10.2. The van der Waals surface area contributed by atoms with Gasteiger partial charge >= 0.3 is 0 Å². The molecule has 1 aromatic carbocycles. The molecule has 0 heterocycles. The summed E-state index contributed by atoms with van der Waals surface area (Å²) in [6, 6.07) is 9.94. The summed E-state index contributed by atoms with van der Waals surface area (Å²) in [7, 11) is -1.27. The van der Waals surface area contributed by atoms with Crippen molar-refractivity contribution in [3.63, 3.8) is 0 Å². The van der Waals surface area contributed by atoms with Crippen LogP contribution in [0.3, 0.4) is 0 Å². The van der Waals surface area contributed by atoms with E-state index >= 15 is 0 Å². The monoisotopic (exact) mass is 283 g/mol. The molecule has 106 valence electrons. The zero-order valence-corrected chi connectivity index (χ0v) is 12.2. The van der Waals surface area contributed by atoms with Crippen LogP contribution < -0.4 is 10.6 Å². The SMILES string of the molecule is CCS(=O)(=O)CCNC(=NC)NCc1ccccc1. The van der Waals surface area contributed by atoms with Crippen LogP contribution in [-0.4, -0.2) is 39.5 Å². The van der Waals surface area contributed by atoms with Gasteiger partial charge in [-0.2, -0.15) is 0 Å². The molecule has 0 bridgehead atoms. The van der Waals surface area contributed by atoms with Gasteiger partial charge in [-0.1, -0.05) is 37.3 Å². The molecule has 1 rings (SSSR count). The summed E-state index contributed by atoms with van der Waals surface area (Å²) >= 11 is 0. The van der Waals surface area contributed by atoms with Gasteiger partial charge in [-0.15, -0.1) is 0 Å². The third kappa shape index (κ3) is 6.24. The molecule has 0 unspecified atom stereocenters.